The van der Waals surface area contributed by atoms with Gasteiger partial charge in [0.15, 0.2) is 11.8 Å². The first-order valence-corrected chi connectivity index (χ1v) is 9.89. The van der Waals surface area contributed by atoms with Gasteiger partial charge in [-0.2, -0.15) is 16.7 Å². The van der Waals surface area contributed by atoms with Gasteiger partial charge >= 0.3 is 0 Å². The molecule has 1 N–H and O–H groups in total. The van der Waals surface area contributed by atoms with Crippen molar-refractivity contribution in [1.82, 2.24) is 20.4 Å². The van der Waals surface area contributed by atoms with Gasteiger partial charge in [0.1, 0.15) is 0 Å². The molecule has 1 aliphatic heterocycles. The van der Waals surface area contributed by atoms with Gasteiger partial charge in [0.25, 0.3) is 0 Å². The Labute approximate surface area is 149 Å². The molecule has 1 fully saturated rings. The molecule has 6 nitrogen and oxygen atoms in total. The lowest BCUT2D eigenvalue weighted by atomic mass is 10.2. The van der Waals surface area contributed by atoms with Crippen molar-refractivity contribution < 1.29 is 4.52 Å². The van der Waals surface area contributed by atoms with Gasteiger partial charge in [-0.25, -0.2) is 0 Å². The molecule has 2 rings (SSSR count). The molecule has 24 heavy (non-hydrogen) atoms. The molecule has 1 aromatic heterocycles. The van der Waals surface area contributed by atoms with E-state index in [-0.39, 0.29) is 4.75 Å². The van der Waals surface area contributed by atoms with Gasteiger partial charge in [0.2, 0.25) is 5.89 Å². The summed E-state index contributed by atoms with van der Waals surface area (Å²) in [5, 5.41) is 7.43. The van der Waals surface area contributed by atoms with Gasteiger partial charge in [-0.15, -0.1) is 0 Å². The molecule has 0 atom stereocenters. The quantitative estimate of drug-likeness (QED) is 0.482. The molecule has 136 valence electrons. The molecular formula is C17H31N5OS. The van der Waals surface area contributed by atoms with Crippen molar-refractivity contribution in [1.29, 1.82) is 0 Å². The van der Waals surface area contributed by atoms with Crippen molar-refractivity contribution in [2.24, 2.45) is 4.99 Å². The first-order chi connectivity index (χ1) is 11.4. The Morgan fingerprint density at radius 3 is 2.88 bits per heavy atom. The zero-order valence-corrected chi connectivity index (χ0v) is 16.4. The molecule has 0 aliphatic carbocycles. The molecule has 0 unspecified atom stereocenters. The standard InChI is InChI=1S/C17H31N5OS/c1-6-18-16(22-10-11-24-17(4,5)12-22)19-9-7-8-14-20-15(13(2)3)21-23-14/h13H,6-12H2,1-5H3,(H,18,19). The van der Waals surface area contributed by atoms with Crippen molar-refractivity contribution >= 4 is 17.7 Å². The summed E-state index contributed by atoms with van der Waals surface area (Å²) in [5.74, 6) is 3.99. The summed E-state index contributed by atoms with van der Waals surface area (Å²) >= 11 is 2.04. The summed E-state index contributed by atoms with van der Waals surface area (Å²) in [6.45, 7) is 14.6. The molecule has 0 radical (unpaired) electrons. The van der Waals surface area contributed by atoms with Crippen LogP contribution in [-0.4, -0.2) is 57.7 Å². The van der Waals surface area contributed by atoms with Crippen LogP contribution in [-0.2, 0) is 6.42 Å². The van der Waals surface area contributed by atoms with Crippen LogP contribution >= 0.6 is 11.8 Å². The normalized spacial score (nSPS) is 18.2. The Morgan fingerprint density at radius 1 is 1.46 bits per heavy atom. The van der Waals surface area contributed by atoms with Gasteiger partial charge < -0.3 is 14.7 Å². The SMILES string of the molecule is CCNC(=NCCCc1nc(C(C)C)no1)N1CCSC(C)(C)C1. The third kappa shape index (κ3) is 5.69. The molecule has 0 amide bonds. The number of nitrogens with one attached hydrogen (secondary N) is 1. The number of aryl methyl sites for hydroxylation is 1. The van der Waals surface area contributed by atoms with Crippen molar-refractivity contribution in [3.8, 4) is 0 Å². The van der Waals surface area contributed by atoms with Crippen molar-refractivity contribution in [2.45, 2.75) is 58.1 Å². The third-order valence-corrected chi connectivity index (χ3v) is 5.17. The molecular weight excluding hydrogens is 322 g/mol. The number of hydrogen-bond acceptors (Lipinski definition) is 5. The first kappa shape index (κ1) is 19.1. The molecule has 0 spiro atoms. The van der Waals surface area contributed by atoms with E-state index in [1.54, 1.807) is 0 Å². The lowest BCUT2D eigenvalue weighted by Crippen LogP contribution is -2.51. The summed E-state index contributed by atoms with van der Waals surface area (Å²) in [4.78, 5) is 11.6. The average molecular weight is 354 g/mol. The van der Waals surface area contributed by atoms with Crippen LogP contribution in [0.4, 0.5) is 0 Å². The highest BCUT2D eigenvalue weighted by Crippen LogP contribution is 2.29. The third-order valence-electron chi connectivity index (χ3n) is 3.87. The lowest BCUT2D eigenvalue weighted by Gasteiger charge is -2.39. The maximum atomic E-state index is 5.29. The minimum absolute atomic E-state index is 0.283. The zero-order valence-electron chi connectivity index (χ0n) is 15.6. The maximum Gasteiger partial charge on any atom is 0.226 e. The van der Waals surface area contributed by atoms with E-state index in [2.05, 4.69) is 55.0 Å². The molecule has 7 heteroatoms. The van der Waals surface area contributed by atoms with Crippen LogP contribution in [0.1, 0.15) is 58.7 Å². The fraction of sp³-hybridized carbons (Fsp3) is 0.824. The number of aliphatic imine (C=N–C) groups is 1. The Morgan fingerprint density at radius 2 is 2.25 bits per heavy atom. The van der Waals surface area contributed by atoms with E-state index in [0.717, 1.165) is 62.4 Å². The van der Waals surface area contributed by atoms with Crippen molar-refractivity contribution in [3.63, 3.8) is 0 Å². The van der Waals surface area contributed by atoms with E-state index in [4.69, 9.17) is 9.52 Å². The second-order valence-corrected chi connectivity index (χ2v) is 8.87. The Bertz CT molecular complexity index is 541. The summed E-state index contributed by atoms with van der Waals surface area (Å²) in [6, 6.07) is 0. The molecule has 1 aliphatic rings. The zero-order chi connectivity index (χ0) is 17.6. The van der Waals surface area contributed by atoms with Crippen LogP contribution in [0.3, 0.4) is 0 Å². The predicted molar refractivity (Wildman–Crippen MR) is 101 cm³/mol. The Balaban J connectivity index is 1.86. The van der Waals surface area contributed by atoms with Crippen LogP contribution in [0, 0.1) is 0 Å². The maximum absolute atomic E-state index is 5.29. The lowest BCUT2D eigenvalue weighted by molar-refractivity contribution is 0.367. The molecule has 2 heterocycles. The van der Waals surface area contributed by atoms with E-state index < -0.39 is 0 Å². The topological polar surface area (TPSA) is 66.5 Å². The van der Waals surface area contributed by atoms with E-state index in [1.165, 1.54) is 0 Å². The summed E-state index contributed by atoms with van der Waals surface area (Å²) in [7, 11) is 0. The van der Waals surface area contributed by atoms with Crippen LogP contribution in [0.25, 0.3) is 0 Å². The number of rotatable bonds is 6. The van der Waals surface area contributed by atoms with Crippen LogP contribution in [0.15, 0.2) is 9.52 Å². The summed E-state index contributed by atoms with van der Waals surface area (Å²) in [5.41, 5.74) is 0. The summed E-state index contributed by atoms with van der Waals surface area (Å²) < 4.78 is 5.57. The monoisotopic (exact) mass is 353 g/mol. The molecule has 1 saturated heterocycles. The highest BCUT2D eigenvalue weighted by Gasteiger charge is 2.28. The smallest absolute Gasteiger partial charge is 0.226 e. The molecule has 0 aromatic carbocycles. The molecule has 1 aromatic rings. The van der Waals surface area contributed by atoms with Gasteiger partial charge in [0, 0.05) is 49.0 Å². The molecule has 0 saturated carbocycles. The Hall–Kier alpha value is -1.24. The van der Waals surface area contributed by atoms with E-state index in [1.807, 2.05) is 11.8 Å². The molecule has 0 bridgehead atoms. The van der Waals surface area contributed by atoms with Crippen LogP contribution in [0.5, 0.6) is 0 Å². The minimum atomic E-state index is 0.283. The second kappa shape index (κ2) is 8.74. The number of thioether (sulfide) groups is 1. The van der Waals surface area contributed by atoms with Crippen LogP contribution in [0.2, 0.25) is 0 Å². The largest absolute Gasteiger partial charge is 0.357 e. The van der Waals surface area contributed by atoms with Gasteiger partial charge in [0.05, 0.1) is 0 Å². The number of guanidine groups is 1. The van der Waals surface area contributed by atoms with Crippen molar-refractivity contribution in [2.75, 3.05) is 31.9 Å². The van der Waals surface area contributed by atoms with E-state index in [0.29, 0.717) is 5.92 Å². The number of nitrogens with zero attached hydrogens (tertiary/aromatic N) is 4. The first-order valence-electron chi connectivity index (χ1n) is 8.91. The van der Waals surface area contributed by atoms with E-state index >= 15 is 0 Å². The second-order valence-electron chi connectivity index (χ2n) is 7.07. The van der Waals surface area contributed by atoms with E-state index in [9.17, 15) is 0 Å². The van der Waals surface area contributed by atoms with Gasteiger partial charge in [-0.3, -0.25) is 4.99 Å². The average Bonchev–Trinajstić information content (AvgIpc) is 2.98. The number of aromatic nitrogens is 2. The van der Waals surface area contributed by atoms with Gasteiger partial charge in [-0.05, 0) is 27.2 Å². The highest BCUT2D eigenvalue weighted by molar-refractivity contribution is 8.00. The van der Waals surface area contributed by atoms with Crippen molar-refractivity contribution in [3.05, 3.63) is 11.7 Å². The Kier molecular flexibility index (Phi) is 6.95. The minimum Gasteiger partial charge on any atom is -0.357 e. The fourth-order valence-corrected chi connectivity index (χ4v) is 3.75. The fourth-order valence-electron chi connectivity index (χ4n) is 2.64. The summed E-state index contributed by atoms with van der Waals surface area (Å²) in [6.07, 6.45) is 1.70. The van der Waals surface area contributed by atoms with Crippen LogP contribution < -0.4 is 5.32 Å². The van der Waals surface area contributed by atoms with Gasteiger partial charge in [-0.1, -0.05) is 19.0 Å². The predicted octanol–water partition coefficient (Wildman–Crippen LogP) is 2.92. The highest BCUT2D eigenvalue weighted by atomic mass is 32.2. The number of hydrogen-bond donors (Lipinski definition) is 1.